The van der Waals surface area contributed by atoms with Crippen molar-refractivity contribution in [3.05, 3.63) is 76.9 Å². The minimum Gasteiger partial charge on any atom is -0.444 e. The van der Waals surface area contributed by atoms with Crippen LogP contribution in [0.2, 0.25) is 0 Å². The van der Waals surface area contributed by atoms with Crippen molar-refractivity contribution in [2.75, 3.05) is 54.4 Å². The first-order valence-electron chi connectivity index (χ1n) is 18.5. The second-order valence-corrected chi connectivity index (χ2v) is 15.0. The molecule has 17 heteroatoms. The lowest BCUT2D eigenvalue weighted by atomic mass is 10.0. The van der Waals surface area contributed by atoms with Crippen LogP contribution >= 0.6 is 12.6 Å². The zero-order chi connectivity index (χ0) is 37.8. The molecule has 55 heavy (non-hydrogen) atoms. The number of pyridine rings is 2. The van der Waals surface area contributed by atoms with Gasteiger partial charge in [0.15, 0.2) is 17.1 Å². The lowest BCUT2D eigenvalue weighted by Crippen LogP contribution is -2.51. The maximum Gasteiger partial charge on any atom is 0.300 e. The molecule has 16 nitrogen and oxygen atoms in total. The molecule has 4 aliphatic heterocycles. The van der Waals surface area contributed by atoms with Crippen molar-refractivity contribution in [1.29, 1.82) is 0 Å². The Bertz CT molecular complexity index is 2300. The van der Waals surface area contributed by atoms with Gasteiger partial charge in [0.1, 0.15) is 6.26 Å². The Balaban J connectivity index is 0.872. The summed E-state index contributed by atoms with van der Waals surface area (Å²) in [6, 6.07) is 11.9. The highest BCUT2D eigenvalue weighted by atomic mass is 32.1. The summed E-state index contributed by atoms with van der Waals surface area (Å²) in [5, 5.41) is 15.5. The van der Waals surface area contributed by atoms with Crippen LogP contribution in [0.3, 0.4) is 0 Å². The molecule has 0 spiro atoms. The number of rotatable bonds is 8. The molecule has 3 N–H and O–H groups in total. The molecule has 4 aromatic heterocycles. The Morgan fingerprint density at radius 2 is 1.89 bits per heavy atom. The Morgan fingerprint density at radius 3 is 2.67 bits per heavy atom. The highest BCUT2D eigenvalue weighted by molar-refractivity contribution is 7.80. The van der Waals surface area contributed by atoms with Crippen molar-refractivity contribution in [3.63, 3.8) is 0 Å². The minimum absolute atomic E-state index is 0.105. The SMILES string of the molecule is Cc1cc(-c2nc(C(=O)Nc3cc4oc(N5CCN(Cc6ccc7c(c6)CN(C6CCC(=O)NC6=O)C7S)CC5)nc4nc3N3CC[C@@H](O)C3)co2)ccn1. The first-order valence-corrected chi connectivity index (χ1v) is 19.0. The monoisotopic (exact) mass is 764 g/mol. The van der Waals surface area contributed by atoms with Crippen LogP contribution in [-0.2, 0) is 22.7 Å². The average Bonchev–Trinajstić information content (AvgIpc) is 3.98. The predicted octanol–water partition coefficient (Wildman–Crippen LogP) is 3.28. The fourth-order valence-electron chi connectivity index (χ4n) is 7.86. The van der Waals surface area contributed by atoms with Gasteiger partial charge in [0.25, 0.3) is 11.9 Å². The number of fused-ring (bicyclic) bond motifs is 2. The van der Waals surface area contributed by atoms with E-state index in [2.05, 4.69) is 53.5 Å². The standard InChI is InChI=1S/C38H40N10O6S/c1-21-14-23(6-8-39-21)36-41-28(20-53-36)34(51)40-27-16-30-32(43-33(27)47-9-7-25(49)19-47)44-38(54-30)46-12-10-45(11-13-46)17-22-2-3-26-24(15-22)18-48(37(26)55)29-4-5-31(50)42-35(29)52/h2-3,6,8,14-16,20,25,29,37,49,55H,4-5,7,9-13,17-19H2,1H3,(H,40,51)(H,42,50,52)/t25-,29?,37?/m1/s1. The number of benzene rings is 1. The quantitative estimate of drug-likeness (QED) is 0.133. The number of hydrogen-bond donors (Lipinski definition) is 4. The summed E-state index contributed by atoms with van der Waals surface area (Å²) in [5.74, 6) is -0.134. The van der Waals surface area contributed by atoms with E-state index in [1.807, 2.05) is 17.9 Å². The van der Waals surface area contributed by atoms with Gasteiger partial charge in [-0.3, -0.25) is 34.5 Å². The van der Waals surface area contributed by atoms with E-state index in [1.54, 1.807) is 18.3 Å². The van der Waals surface area contributed by atoms with E-state index in [0.29, 0.717) is 92.2 Å². The van der Waals surface area contributed by atoms with E-state index in [-0.39, 0.29) is 28.9 Å². The number of oxazole rings is 2. The third-order valence-corrected chi connectivity index (χ3v) is 11.3. The predicted molar refractivity (Wildman–Crippen MR) is 204 cm³/mol. The Labute approximate surface area is 321 Å². The number of nitrogens with one attached hydrogen (secondary N) is 2. The van der Waals surface area contributed by atoms with Crippen LogP contribution in [0.4, 0.5) is 17.5 Å². The largest absolute Gasteiger partial charge is 0.444 e. The fraction of sp³-hybridized carbons (Fsp3) is 0.395. The number of aryl methyl sites for hydroxylation is 1. The van der Waals surface area contributed by atoms with Gasteiger partial charge >= 0.3 is 0 Å². The van der Waals surface area contributed by atoms with Crippen molar-refractivity contribution >= 4 is 59.1 Å². The number of amides is 3. The molecule has 284 valence electrons. The number of thiol groups is 1. The molecule has 3 saturated heterocycles. The van der Waals surface area contributed by atoms with Gasteiger partial charge < -0.3 is 29.1 Å². The summed E-state index contributed by atoms with van der Waals surface area (Å²) in [6.07, 6.45) is 3.90. The lowest BCUT2D eigenvalue weighted by molar-refractivity contribution is -0.137. The van der Waals surface area contributed by atoms with E-state index >= 15 is 0 Å². The van der Waals surface area contributed by atoms with Gasteiger partial charge in [-0.25, -0.2) is 9.97 Å². The normalized spacial score (nSPS) is 22.1. The van der Waals surface area contributed by atoms with Gasteiger partial charge in [-0.05, 0) is 48.6 Å². The number of anilines is 3. The number of piperidine rings is 1. The molecule has 4 aliphatic rings. The molecule has 1 aromatic carbocycles. The number of imide groups is 1. The van der Waals surface area contributed by atoms with Crippen molar-refractivity contribution in [2.24, 2.45) is 0 Å². The van der Waals surface area contributed by atoms with Gasteiger partial charge in [0, 0.05) is 82.3 Å². The summed E-state index contributed by atoms with van der Waals surface area (Å²) < 4.78 is 11.9. The van der Waals surface area contributed by atoms with E-state index in [1.165, 1.54) is 11.8 Å². The van der Waals surface area contributed by atoms with Crippen LogP contribution in [-0.4, -0.2) is 104 Å². The number of carbonyl (C=O) groups is 3. The molecule has 8 heterocycles. The molecule has 3 amide bonds. The number of aromatic nitrogens is 4. The number of carbonyl (C=O) groups excluding carboxylic acids is 3. The second-order valence-electron chi connectivity index (χ2n) is 14.6. The Hall–Kier alpha value is -5.36. The highest BCUT2D eigenvalue weighted by Crippen LogP contribution is 2.40. The molecule has 0 radical (unpaired) electrons. The maximum absolute atomic E-state index is 13.4. The first kappa shape index (κ1) is 35.3. The zero-order valence-electron chi connectivity index (χ0n) is 30.1. The summed E-state index contributed by atoms with van der Waals surface area (Å²) in [4.78, 5) is 64.4. The summed E-state index contributed by atoms with van der Waals surface area (Å²) in [5.41, 5.74) is 6.32. The van der Waals surface area contributed by atoms with E-state index in [0.717, 1.165) is 36.5 Å². The molecule has 0 bridgehead atoms. The number of piperazine rings is 1. The molecule has 2 unspecified atom stereocenters. The molecule has 0 saturated carbocycles. The van der Waals surface area contributed by atoms with Crippen LogP contribution in [0.1, 0.15) is 57.5 Å². The third-order valence-electron chi connectivity index (χ3n) is 10.8. The van der Waals surface area contributed by atoms with E-state index in [4.69, 9.17) is 31.4 Å². The average molecular weight is 765 g/mol. The minimum atomic E-state index is -0.503. The van der Waals surface area contributed by atoms with E-state index in [9.17, 15) is 19.5 Å². The molecule has 9 rings (SSSR count). The molecular weight excluding hydrogens is 725 g/mol. The van der Waals surface area contributed by atoms with E-state index < -0.39 is 12.0 Å². The van der Waals surface area contributed by atoms with Crippen LogP contribution in [0.25, 0.3) is 22.7 Å². The maximum atomic E-state index is 13.4. The topological polar surface area (TPSA) is 186 Å². The van der Waals surface area contributed by atoms with Crippen LogP contribution in [0.5, 0.6) is 0 Å². The number of hydrogen-bond acceptors (Lipinski definition) is 15. The molecule has 3 fully saturated rings. The van der Waals surface area contributed by atoms with Gasteiger partial charge in [0.2, 0.25) is 23.4 Å². The van der Waals surface area contributed by atoms with Crippen molar-refractivity contribution in [1.82, 2.24) is 35.1 Å². The molecule has 5 aromatic rings. The Kier molecular flexibility index (Phi) is 9.24. The number of aliphatic hydroxyl groups is 1. The second kappa shape index (κ2) is 14.4. The fourth-order valence-corrected chi connectivity index (χ4v) is 8.36. The van der Waals surface area contributed by atoms with Crippen LogP contribution in [0, 0.1) is 6.92 Å². The van der Waals surface area contributed by atoms with Crippen LogP contribution in [0.15, 0.2) is 57.7 Å². The number of β-amino-alcohol motifs (C(OH)–C–C–N with tert-alkyl or cyclic N) is 1. The number of nitrogens with zero attached hydrogens (tertiary/aromatic N) is 8. The third kappa shape index (κ3) is 7.03. The molecular formula is C38H40N10O6S. The number of aliphatic hydroxyl groups excluding tert-OH is 1. The first-order chi connectivity index (χ1) is 26.6. The van der Waals surface area contributed by atoms with Gasteiger partial charge in [-0.1, -0.05) is 18.2 Å². The highest BCUT2D eigenvalue weighted by Gasteiger charge is 2.39. The van der Waals surface area contributed by atoms with Crippen molar-refractivity contribution in [2.45, 2.75) is 56.8 Å². The lowest BCUT2D eigenvalue weighted by Gasteiger charge is -2.33. The van der Waals surface area contributed by atoms with Crippen molar-refractivity contribution < 1.29 is 28.3 Å². The molecule has 0 aliphatic carbocycles. The smallest absolute Gasteiger partial charge is 0.300 e. The van der Waals surface area contributed by atoms with Crippen molar-refractivity contribution in [3.8, 4) is 11.5 Å². The van der Waals surface area contributed by atoms with Gasteiger partial charge in [0.05, 0.1) is 23.2 Å². The summed E-state index contributed by atoms with van der Waals surface area (Å²) >= 11 is 4.84. The van der Waals surface area contributed by atoms with Crippen LogP contribution < -0.4 is 20.4 Å². The Morgan fingerprint density at radius 1 is 1.04 bits per heavy atom. The van der Waals surface area contributed by atoms with Gasteiger partial charge in [-0.15, -0.1) is 0 Å². The summed E-state index contributed by atoms with van der Waals surface area (Å²) in [7, 11) is 0. The van der Waals surface area contributed by atoms with Gasteiger partial charge in [-0.2, -0.15) is 17.6 Å². The molecule has 3 atom stereocenters. The summed E-state index contributed by atoms with van der Waals surface area (Å²) in [6.45, 7) is 7.17. The zero-order valence-corrected chi connectivity index (χ0v) is 31.0.